The van der Waals surface area contributed by atoms with Gasteiger partial charge in [0.15, 0.2) is 5.75 Å². The maximum atomic E-state index is 13.9. The van der Waals surface area contributed by atoms with Crippen LogP contribution < -0.4 is 0 Å². The van der Waals surface area contributed by atoms with Crippen molar-refractivity contribution in [2.75, 3.05) is 0 Å². The number of hydrogen-bond donors (Lipinski definition) is 1. The van der Waals surface area contributed by atoms with Crippen molar-refractivity contribution < 1.29 is 43.9 Å². The van der Waals surface area contributed by atoms with E-state index in [1.807, 2.05) is 0 Å². The van der Waals surface area contributed by atoms with Crippen LogP contribution in [0.1, 0.15) is 27.9 Å². The summed E-state index contributed by atoms with van der Waals surface area (Å²) >= 11 is 12.1. The summed E-state index contributed by atoms with van der Waals surface area (Å²) in [6.07, 6.45) is -4.17. The maximum absolute atomic E-state index is 13.9. The smallest absolute Gasteiger partial charge is 0.433 e. The minimum absolute atomic E-state index is 0.0466. The highest BCUT2D eigenvalue weighted by Crippen LogP contribution is 2.37. The monoisotopic (exact) mass is 785 g/mol. The molecule has 51 heavy (non-hydrogen) atoms. The van der Waals surface area contributed by atoms with Gasteiger partial charge >= 0.3 is 6.18 Å². The highest BCUT2D eigenvalue weighted by molar-refractivity contribution is 7.89. The van der Waals surface area contributed by atoms with E-state index in [9.17, 15) is 43.9 Å². The molecule has 17 heteroatoms. The van der Waals surface area contributed by atoms with E-state index >= 15 is 0 Å². The minimum Gasteiger partial charge on any atom is -0.505 e. The first-order chi connectivity index (χ1) is 23.9. The van der Waals surface area contributed by atoms with E-state index in [4.69, 9.17) is 23.2 Å². The van der Waals surface area contributed by atoms with Crippen molar-refractivity contribution in [2.24, 2.45) is 0 Å². The molecule has 0 aliphatic rings. The third-order valence-electron chi connectivity index (χ3n) is 7.56. The number of rotatable bonds is 12. The predicted octanol–water partition coefficient (Wildman–Crippen LogP) is 8.17. The molecule has 268 valence electrons. The molecule has 0 saturated heterocycles. The maximum Gasteiger partial charge on any atom is 0.433 e. The number of pyridine rings is 1. The Bertz CT molecular complexity index is 2230. The second-order valence-corrected chi connectivity index (χ2v) is 15.9. The van der Waals surface area contributed by atoms with Crippen molar-refractivity contribution in [3.8, 4) is 5.75 Å². The number of benzene rings is 4. The molecule has 1 heterocycles. The summed E-state index contributed by atoms with van der Waals surface area (Å²) in [4.78, 5) is 2.21. The second kappa shape index (κ2) is 15.2. The standard InChI is InChI=1S/C34H26Cl2F5N3O5S2/c35-26-15-30(36)33(45)31(16-26)51(48,49)44(21-25-7-11-28(38)12-8-25)20-23-3-1-22(2-4-23)18-43(19-24-5-9-27(37)10-6-24)50(46,47)29-13-14-32(42-17-29)34(39,40)41/h1-17,45H,18-21H2. The van der Waals surface area contributed by atoms with Gasteiger partial charge in [0.25, 0.3) is 0 Å². The lowest BCUT2D eigenvalue weighted by Crippen LogP contribution is -2.31. The normalized spacial score (nSPS) is 12.5. The quantitative estimate of drug-likeness (QED) is 0.128. The lowest BCUT2D eigenvalue weighted by Gasteiger charge is -2.24. The number of halogens is 7. The van der Waals surface area contributed by atoms with E-state index in [1.54, 1.807) is 0 Å². The van der Waals surface area contributed by atoms with Crippen molar-refractivity contribution in [3.05, 3.63) is 153 Å². The third-order valence-corrected chi connectivity index (χ3v) is 11.6. The van der Waals surface area contributed by atoms with Gasteiger partial charge in [0.1, 0.15) is 27.1 Å². The molecule has 0 atom stereocenters. The number of phenolic OH excluding ortho intramolecular Hbond substituents is 1. The molecule has 0 aliphatic carbocycles. The van der Waals surface area contributed by atoms with Crippen LogP contribution >= 0.6 is 23.2 Å². The van der Waals surface area contributed by atoms with E-state index in [2.05, 4.69) is 4.98 Å². The summed E-state index contributed by atoms with van der Waals surface area (Å²) in [5.74, 6) is -1.81. The van der Waals surface area contributed by atoms with Crippen molar-refractivity contribution in [2.45, 2.75) is 42.1 Å². The van der Waals surface area contributed by atoms with Crippen LogP contribution in [-0.2, 0) is 52.4 Å². The average Bonchev–Trinajstić information content (AvgIpc) is 3.08. The molecule has 8 nitrogen and oxygen atoms in total. The molecule has 0 aliphatic heterocycles. The summed E-state index contributed by atoms with van der Waals surface area (Å²) in [6, 6.07) is 19.8. The Morgan fingerprint density at radius 3 is 1.43 bits per heavy atom. The molecule has 4 aromatic carbocycles. The fourth-order valence-corrected chi connectivity index (χ4v) is 8.45. The van der Waals surface area contributed by atoms with Gasteiger partial charge in [-0.25, -0.2) is 25.6 Å². The summed E-state index contributed by atoms with van der Waals surface area (Å²) in [5.41, 5.74) is 0.380. The topological polar surface area (TPSA) is 108 Å². The van der Waals surface area contributed by atoms with Crippen LogP contribution in [0.3, 0.4) is 0 Å². The van der Waals surface area contributed by atoms with Gasteiger partial charge in [0, 0.05) is 37.4 Å². The van der Waals surface area contributed by atoms with E-state index in [1.165, 1.54) is 54.6 Å². The Hall–Kier alpha value is -4.12. The molecule has 1 aromatic heterocycles. The lowest BCUT2D eigenvalue weighted by atomic mass is 10.1. The fourth-order valence-electron chi connectivity index (χ4n) is 4.92. The average molecular weight is 787 g/mol. The van der Waals surface area contributed by atoms with Crippen LogP contribution in [0, 0.1) is 11.6 Å². The third kappa shape index (κ3) is 9.22. The molecule has 0 unspecified atom stereocenters. The molecule has 1 N–H and O–H groups in total. The highest BCUT2D eigenvalue weighted by atomic mass is 35.5. The Morgan fingerprint density at radius 2 is 1.04 bits per heavy atom. The number of phenols is 1. The van der Waals surface area contributed by atoms with Crippen molar-refractivity contribution in [1.29, 1.82) is 0 Å². The molecule has 5 aromatic rings. The first kappa shape index (κ1) is 38.1. The molecule has 0 bridgehead atoms. The van der Waals surface area contributed by atoms with E-state index in [0.29, 0.717) is 34.5 Å². The van der Waals surface area contributed by atoms with Gasteiger partial charge in [0.05, 0.1) is 5.02 Å². The highest BCUT2D eigenvalue weighted by Gasteiger charge is 2.34. The van der Waals surface area contributed by atoms with E-state index < -0.39 is 59.1 Å². The molecule has 0 spiro atoms. The summed E-state index contributed by atoms with van der Waals surface area (Å²) in [7, 11) is -8.93. The van der Waals surface area contributed by atoms with Gasteiger partial charge in [-0.3, -0.25) is 4.98 Å². The molecule has 0 radical (unpaired) electrons. The largest absolute Gasteiger partial charge is 0.505 e. The van der Waals surface area contributed by atoms with Crippen LogP contribution in [0.25, 0.3) is 0 Å². The molecular formula is C34H26Cl2F5N3O5S2. The van der Waals surface area contributed by atoms with Gasteiger partial charge in [-0.2, -0.15) is 21.8 Å². The predicted molar refractivity (Wildman–Crippen MR) is 179 cm³/mol. The molecule has 5 rings (SSSR count). The van der Waals surface area contributed by atoms with Crippen molar-refractivity contribution in [1.82, 2.24) is 13.6 Å². The van der Waals surface area contributed by atoms with Crippen molar-refractivity contribution >= 4 is 43.2 Å². The SMILES string of the molecule is O=S(=O)(c1ccc(C(F)(F)F)nc1)N(Cc1ccc(F)cc1)Cc1ccc(CN(Cc2ccc(F)cc2)S(=O)(=O)c2cc(Cl)cc(Cl)c2O)cc1. The number of alkyl halides is 3. The Labute approximate surface area is 300 Å². The first-order valence-corrected chi connectivity index (χ1v) is 18.4. The first-order valence-electron chi connectivity index (χ1n) is 14.7. The zero-order valence-electron chi connectivity index (χ0n) is 26.0. The van der Waals surface area contributed by atoms with Gasteiger partial charge < -0.3 is 5.11 Å². The number of aromatic nitrogens is 1. The zero-order chi connectivity index (χ0) is 37.1. The molecular weight excluding hydrogens is 760 g/mol. The Balaban J connectivity index is 1.45. The van der Waals surface area contributed by atoms with Gasteiger partial charge in [0.2, 0.25) is 20.0 Å². The van der Waals surface area contributed by atoms with E-state index in [0.717, 1.165) is 45.0 Å². The molecule has 0 saturated carbocycles. The lowest BCUT2D eigenvalue weighted by molar-refractivity contribution is -0.141. The molecule has 0 amide bonds. The molecule has 0 fully saturated rings. The number of sulfonamides is 2. The minimum atomic E-state index is -4.78. The number of hydrogen-bond acceptors (Lipinski definition) is 6. The van der Waals surface area contributed by atoms with Crippen LogP contribution in [0.2, 0.25) is 10.0 Å². The van der Waals surface area contributed by atoms with Crippen molar-refractivity contribution in [3.63, 3.8) is 0 Å². The second-order valence-electron chi connectivity index (χ2n) is 11.2. The summed E-state index contributed by atoms with van der Waals surface area (Å²) in [6.45, 7) is -1.08. The summed E-state index contributed by atoms with van der Waals surface area (Å²) in [5, 5.41) is 10.2. The zero-order valence-corrected chi connectivity index (χ0v) is 29.2. The van der Waals surface area contributed by atoms with Gasteiger partial charge in [-0.15, -0.1) is 0 Å². The van der Waals surface area contributed by atoms with Crippen LogP contribution in [0.4, 0.5) is 22.0 Å². The van der Waals surface area contributed by atoms with E-state index in [-0.39, 0.29) is 36.2 Å². The van der Waals surface area contributed by atoms with Gasteiger partial charge in [-0.1, -0.05) is 71.7 Å². The van der Waals surface area contributed by atoms with Crippen LogP contribution in [0.15, 0.2) is 113 Å². The Morgan fingerprint density at radius 1 is 0.627 bits per heavy atom. The number of nitrogens with zero attached hydrogens (tertiary/aromatic N) is 3. The Kier molecular flexibility index (Phi) is 11.4. The number of aromatic hydroxyl groups is 1. The fraction of sp³-hybridized carbons (Fsp3) is 0.147. The summed E-state index contributed by atoms with van der Waals surface area (Å²) < 4.78 is 124. The van der Waals surface area contributed by atoms with Crippen LogP contribution in [-0.4, -0.2) is 35.5 Å². The van der Waals surface area contributed by atoms with Gasteiger partial charge in [-0.05, 0) is 70.8 Å². The van der Waals surface area contributed by atoms with Crippen LogP contribution in [0.5, 0.6) is 5.75 Å².